The van der Waals surface area contributed by atoms with Crippen LogP contribution in [0.15, 0.2) is 72.8 Å². The van der Waals surface area contributed by atoms with Gasteiger partial charge in [-0.05, 0) is 86.0 Å². The fourth-order valence-electron chi connectivity index (χ4n) is 3.44. The van der Waals surface area contributed by atoms with Crippen LogP contribution in [0, 0.1) is 23.7 Å². The second-order valence-corrected chi connectivity index (χ2v) is 7.98. The molecule has 0 aliphatic rings. The Morgan fingerprint density at radius 3 is 1.82 bits per heavy atom. The molecule has 0 aliphatic heterocycles. The van der Waals surface area contributed by atoms with E-state index in [1.165, 1.54) is 37.7 Å². The van der Waals surface area contributed by atoms with Crippen molar-refractivity contribution in [1.29, 1.82) is 0 Å². The maximum absolute atomic E-state index is 12.5. The van der Waals surface area contributed by atoms with E-state index in [-0.39, 0.29) is 5.97 Å². The molecule has 0 N–H and O–H groups in total. The number of ether oxygens (including phenoxy) is 1. The predicted molar refractivity (Wildman–Crippen MR) is 135 cm³/mol. The fraction of sp³-hybridized carbons (Fsp3) is 0.258. The molecule has 0 fully saturated rings. The van der Waals surface area contributed by atoms with E-state index >= 15 is 0 Å². The van der Waals surface area contributed by atoms with Gasteiger partial charge < -0.3 is 4.74 Å². The molecule has 0 aromatic heterocycles. The first-order chi connectivity index (χ1) is 16.2. The normalized spacial score (nSPS) is 9.88. The van der Waals surface area contributed by atoms with Gasteiger partial charge in [-0.25, -0.2) is 4.79 Å². The van der Waals surface area contributed by atoms with Crippen LogP contribution in [0.1, 0.15) is 78.6 Å². The molecule has 33 heavy (non-hydrogen) atoms. The van der Waals surface area contributed by atoms with Crippen molar-refractivity contribution in [2.75, 3.05) is 0 Å². The molecule has 0 saturated heterocycles. The number of benzene rings is 3. The Labute approximate surface area is 198 Å². The summed E-state index contributed by atoms with van der Waals surface area (Å²) < 4.78 is 5.52. The van der Waals surface area contributed by atoms with E-state index in [1.54, 1.807) is 12.1 Å². The molecular formula is C31H30O2. The third-order valence-electron chi connectivity index (χ3n) is 5.33. The molecule has 0 spiro atoms. The van der Waals surface area contributed by atoms with Crippen molar-refractivity contribution in [3.05, 3.63) is 101 Å². The molecule has 0 radical (unpaired) electrons. The van der Waals surface area contributed by atoms with Gasteiger partial charge >= 0.3 is 5.97 Å². The molecular weight excluding hydrogens is 404 g/mol. The van der Waals surface area contributed by atoms with Gasteiger partial charge in [-0.1, -0.05) is 62.5 Å². The monoisotopic (exact) mass is 434 g/mol. The average molecular weight is 435 g/mol. The molecule has 0 bridgehead atoms. The predicted octanol–water partition coefficient (Wildman–Crippen LogP) is 7.19. The van der Waals surface area contributed by atoms with Crippen LogP contribution < -0.4 is 4.74 Å². The highest BCUT2D eigenvalue weighted by Crippen LogP contribution is 2.16. The highest BCUT2D eigenvalue weighted by atomic mass is 16.5. The highest BCUT2D eigenvalue weighted by Gasteiger charge is 2.08. The number of unbranched alkanes of at least 4 members (excludes halogenated alkanes) is 4. The van der Waals surface area contributed by atoms with Gasteiger partial charge in [-0.2, -0.15) is 0 Å². The minimum Gasteiger partial charge on any atom is -0.423 e. The summed E-state index contributed by atoms with van der Waals surface area (Å²) in [4.78, 5) is 12.5. The Kier molecular flexibility index (Phi) is 9.38. The summed E-state index contributed by atoms with van der Waals surface area (Å²) in [6.07, 6.45) is 7.38. The van der Waals surface area contributed by atoms with Crippen LogP contribution in [0.3, 0.4) is 0 Å². The summed E-state index contributed by atoms with van der Waals surface area (Å²) in [6, 6.07) is 22.8. The maximum Gasteiger partial charge on any atom is 0.343 e. The molecule has 2 nitrogen and oxygen atoms in total. The lowest BCUT2D eigenvalue weighted by Crippen LogP contribution is -2.08. The molecule has 0 amide bonds. The Balaban J connectivity index is 1.52. The Bertz CT molecular complexity index is 1150. The van der Waals surface area contributed by atoms with E-state index < -0.39 is 0 Å². The minimum atomic E-state index is -0.349. The van der Waals surface area contributed by atoms with Crippen LogP contribution in [-0.2, 0) is 6.42 Å². The van der Waals surface area contributed by atoms with E-state index in [9.17, 15) is 4.79 Å². The molecule has 0 aliphatic carbocycles. The molecule has 0 atom stereocenters. The lowest BCUT2D eigenvalue weighted by atomic mass is 10.0. The van der Waals surface area contributed by atoms with Crippen LogP contribution in [0.2, 0.25) is 0 Å². The van der Waals surface area contributed by atoms with Crippen LogP contribution in [0.25, 0.3) is 0 Å². The van der Waals surface area contributed by atoms with Crippen LogP contribution in [0.4, 0.5) is 0 Å². The number of hydrogen-bond donors (Lipinski definition) is 0. The third-order valence-corrected chi connectivity index (χ3v) is 5.33. The number of aryl methyl sites for hydroxylation is 1. The zero-order valence-electron chi connectivity index (χ0n) is 19.5. The largest absolute Gasteiger partial charge is 0.423 e. The van der Waals surface area contributed by atoms with Crippen molar-refractivity contribution in [2.45, 2.75) is 52.4 Å². The molecule has 0 unspecified atom stereocenters. The Hall–Kier alpha value is -3.75. The molecule has 0 saturated carbocycles. The molecule has 166 valence electrons. The second-order valence-electron chi connectivity index (χ2n) is 7.98. The quantitative estimate of drug-likeness (QED) is 0.162. The van der Waals surface area contributed by atoms with E-state index in [0.29, 0.717) is 11.3 Å². The summed E-state index contributed by atoms with van der Waals surface area (Å²) in [7, 11) is 0. The lowest BCUT2D eigenvalue weighted by Gasteiger charge is -2.06. The van der Waals surface area contributed by atoms with Gasteiger partial charge in [-0.15, -0.1) is 5.92 Å². The summed E-state index contributed by atoms with van der Waals surface area (Å²) in [5.41, 5.74) is 4.59. The SMILES string of the molecule is CC#Cc1ccc(C#Cc2ccc(OC(=O)c3ccc(CCCCCCC)cc3)cc2)cc1. The van der Waals surface area contributed by atoms with Crippen molar-refractivity contribution < 1.29 is 9.53 Å². The number of hydrogen-bond acceptors (Lipinski definition) is 2. The summed E-state index contributed by atoms with van der Waals surface area (Å²) in [6.45, 7) is 4.05. The number of rotatable bonds is 8. The maximum atomic E-state index is 12.5. The number of esters is 1. The van der Waals surface area contributed by atoms with Crippen molar-refractivity contribution in [1.82, 2.24) is 0 Å². The Morgan fingerprint density at radius 2 is 1.24 bits per heavy atom. The number of carbonyl (C=O) groups excluding carboxylic acids is 1. The van der Waals surface area contributed by atoms with E-state index in [1.807, 2.05) is 67.6 Å². The van der Waals surface area contributed by atoms with E-state index in [4.69, 9.17) is 4.74 Å². The van der Waals surface area contributed by atoms with Gasteiger partial charge in [0, 0.05) is 16.7 Å². The molecule has 3 aromatic rings. The standard InChI is InChI=1S/C31H30O2/c1-3-5-6-7-8-10-26-17-21-29(22-18-26)31(32)33-30-23-19-28(20-24-30)16-15-27-13-11-25(9-4-2)12-14-27/h11-14,17-24H,3,5-8,10H2,1-2H3. The van der Waals surface area contributed by atoms with Crippen molar-refractivity contribution >= 4 is 5.97 Å². The topological polar surface area (TPSA) is 26.3 Å². The summed E-state index contributed by atoms with van der Waals surface area (Å²) in [5.74, 6) is 12.3. The fourth-order valence-corrected chi connectivity index (χ4v) is 3.44. The second kappa shape index (κ2) is 12.9. The van der Waals surface area contributed by atoms with Crippen LogP contribution >= 0.6 is 0 Å². The van der Waals surface area contributed by atoms with Gasteiger partial charge in [0.25, 0.3) is 0 Å². The van der Waals surface area contributed by atoms with Gasteiger partial charge in [0.05, 0.1) is 5.56 Å². The number of carbonyl (C=O) groups is 1. The first kappa shape index (κ1) is 23.9. The van der Waals surface area contributed by atoms with Crippen LogP contribution in [0.5, 0.6) is 5.75 Å². The Morgan fingerprint density at radius 1 is 0.697 bits per heavy atom. The van der Waals surface area contributed by atoms with Crippen molar-refractivity contribution in [3.8, 4) is 29.4 Å². The van der Waals surface area contributed by atoms with Gasteiger partial charge in [0.2, 0.25) is 0 Å². The first-order valence-electron chi connectivity index (χ1n) is 11.6. The molecule has 3 aromatic carbocycles. The molecule has 3 rings (SSSR count). The smallest absolute Gasteiger partial charge is 0.343 e. The zero-order valence-corrected chi connectivity index (χ0v) is 19.5. The van der Waals surface area contributed by atoms with Gasteiger partial charge in [0.1, 0.15) is 5.75 Å². The molecule has 0 heterocycles. The average Bonchev–Trinajstić information content (AvgIpc) is 2.85. The van der Waals surface area contributed by atoms with E-state index in [2.05, 4.69) is 30.6 Å². The third kappa shape index (κ3) is 8.03. The van der Waals surface area contributed by atoms with Crippen LogP contribution in [-0.4, -0.2) is 5.97 Å². The summed E-state index contributed by atoms with van der Waals surface area (Å²) in [5, 5.41) is 0. The lowest BCUT2D eigenvalue weighted by molar-refractivity contribution is 0.0734. The minimum absolute atomic E-state index is 0.349. The first-order valence-corrected chi connectivity index (χ1v) is 11.6. The molecule has 2 heteroatoms. The van der Waals surface area contributed by atoms with E-state index in [0.717, 1.165) is 23.1 Å². The van der Waals surface area contributed by atoms with Crippen molar-refractivity contribution in [3.63, 3.8) is 0 Å². The van der Waals surface area contributed by atoms with Gasteiger partial charge in [-0.3, -0.25) is 0 Å². The highest BCUT2D eigenvalue weighted by molar-refractivity contribution is 5.91. The van der Waals surface area contributed by atoms with Gasteiger partial charge in [0.15, 0.2) is 0 Å². The zero-order chi connectivity index (χ0) is 23.3. The van der Waals surface area contributed by atoms with Crippen molar-refractivity contribution in [2.24, 2.45) is 0 Å². The summed E-state index contributed by atoms with van der Waals surface area (Å²) >= 11 is 0.